The first kappa shape index (κ1) is 17.7. The van der Waals surface area contributed by atoms with Crippen molar-refractivity contribution in [2.24, 2.45) is 5.73 Å². The number of nitrogens with two attached hydrogens (primary N) is 1. The van der Waals surface area contributed by atoms with Crippen LogP contribution in [0, 0.1) is 20.8 Å². The molecule has 1 heterocycles. The molecule has 1 aliphatic rings. The maximum atomic E-state index is 13.3. The Morgan fingerprint density at radius 2 is 1.88 bits per heavy atom. The zero-order valence-electron chi connectivity index (χ0n) is 15.4. The summed E-state index contributed by atoms with van der Waals surface area (Å²) in [5, 5.41) is 7.13. The van der Waals surface area contributed by atoms with E-state index in [0.29, 0.717) is 6.54 Å². The van der Waals surface area contributed by atoms with Gasteiger partial charge in [0.15, 0.2) is 0 Å². The van der Waals surface area contributed by atoms with Crippen LogP contribution >= 0.6 is 0 Å². The summed E-state index contributed by atoms with van der Waals surface area (Å²) in [5.74, 6) is 0.0000694. The number of aromatic nitrogens is 2. The molecule has 1 aromatic heterocycles. The number of H-pyrrole nitrogens is 1. The quantitative estimate of drug-likeness (QED) is 0.877. The normalized spacial score (nSPS) is 16.2. The first-order valence-corrected chi connectivity index (χ1v) is 9.10. The van der Waals surface area contributed by atoms with Crippen LogP contribution in [0.15, 0.2) is 24.3 Å². The first-order valence-electron chi connectivity index (χ1n) is 9.10. The van der Waals surface area contributed by atoms with E-state index < -0.39 is 6.04 Å². The minimum absolute atomic E-state index is 0.0000694. The van der Waals surface area contributed by atoms with E-state index in [1.165, 1.54) is 18.4 Å². The van der Waals surface area contributed by atoms with Gasteiger partial charge in [-0.2, -0.15) is 5.10 Å². The fourth-order valence-corrected chi connectivity index (χ4v) is 3.81. The number of hydrogen-bond acceptors (Lipinski definition) is 3. The molecule has 2 aromatic rings. The summed E-state index contributed by atoms with van der Waals surface area (Å²) < 4.78 is 0. The van der Waals surface area contributed by atoms with Gasteiger partial charge in [-0.3, -0.25) is 9.89 Å². The average Bonchev–Trinajstić information content (AvgIpc) is 3.23. The van der Waals surface area contributed by atoms with Crippen LogP contribution in [0.3, 0.4) is 0 Å². The van der Waals surface area contributed by atoms with Crippen LogP contribution in [0.25, 0.3) is 0 Å². The van der Waals surface area contributed by atoms with Gasteiger partial charge in [-0.1, -0.05) is 42.7 Å². The second-order valence-electron chi connectivity index (χ2n) is 7.22. The Morgan fingerprint density at radius 3 is 2.44 bits per heavy atom. The molecule has 0 saturated heterocycles. The molecule has 25 heavy (non-hydrogen) atoms. The topological polar surface area (TPSA) is 75.0 Å². The highest BCUT2D eigenvalue weighted by molar-refractivity contribution is 5.84. The van der Waals surface area contributed by atoms with Gasteiger partial charge in [-0.15, -0.1) is 0 Å². The number of aryl methyl sites for hydroxylation is 3. The lowest BCUT2D eigenvalue weighted by Crippen LogP contribution is -2.43. The monoisotopic (exact) mass is 340 g/mol. The summed E-state index contributed by atoms with van der Waals surface area (Å²) in [6.07, 6.45) is 4.49. The number of nitrogens with one attached hydrogen (secondary N) is 1. The molecule has 1 amide bonds. The number of hydrogen-bond donors (Lipinski definition) is 2. The summed E-state index contributed by atoms with van der Waals surface area (Å²) in [7, 11) is 0. The van der Waals surface area contributed by atoms with Crippen molar-refractivity contribution in [3.05, 3.63) is 52.3 Å². The van der Waals surface area contributed by atoms with Crippen LogP contribution in [0.2, 0.25) is 0 Å². The van der Waals surface area contributed by atoms with Crippen LogP contribution in [0.1, 0.15) is 59.8 Å². The molecule has 1 aliphatic carbocycles. The second kappa shape index (κ2) is 7.40. The maximum Gasteiger partial charge on any atom is 0.244 e. The van der Waals surface area contributed by atoms with Crippen molar-refractivity contribution in [3.63, 3.8) is 0 Å². The van der Waals surface area contributed by atoms with Crippen LogP contribution in [0.4, 0.5) is 0 Å². The van der Waals surface area contributed by atoms with Crippen molar-refractivity contribution in [3.8, 4) is 0 Å². The van der Waals surface area contributed by atoms with Gasteiger partial charge in [0.2, 0.25) is 5.91 Å². The highest BCUT2D eigenvalue weighted by Crippen LogP contribution is 2.28. The summed E-state index contributed by atoms with van der Waals surface area (Å²) in [6.45, 7) is 6.51. The third-order valence-electron chi connectivity index (χ3n) is 5.28. The van der Waals surface area contributed by atoms with Gasteiger partial charge in [-0.25, -0.2) is 0 Å². The van der Waals surface area contributed by atoms with Crippen LogP contribution in [0.5, 0.6) is 0 Å². The molecule has 3 rings (SSSR count). The lowest BCUT2D eigenvalue weighted by atomic mass is 10.0. The molecule has 1 saturated carbocycles. The van der Waals surface area contributed by atoms with Crippen LogP contribution < -0.4 is 5.73 Å². The smallest absolute Gasteiger partial charge is 0.244 e. The molecule has 1 aromatic carbocycles. The Bertz CT molecular complexity index is 709. The van der Waals surface area contributed by atoms with Crippen molar-refractivity contribution in [1.29, 1.82) is 0 Å². The maximum absolute atomic E-state index is 13.3. The van der Waals surface area contributed by atoms with E-state index in [0.717, 1.165) is 35.4 Å². The number of rotatable bonds is 5. The molecule has 1 atom stereocenters. The van der Waals surface area contributed by atoms with E-state index in [1.54, 1.807) is 0 Å². The van der Waals surface area contributed by atoms with E-state index in [1.807, 2.05) is 18.7 Å². The summed E-state index contributed by atoms with van der Waals surface area (Å²) >= 11 is 0. The van der Waals surface area contributed by atoms with Crippen molar-refractivity contribution in [1.82, 2.24) is 15.1 Å². The van der Waals surface area contributed by atoms with Gasteiger partial charge in [-0.05, 0) is 39.2 Å². The molecule has 0 unspecified atom stereocenters. The van der Waals surface area contributed by atoms with E-state index in [2.05, 4.69) is 41.4 Å². The molecular formula is C20H28N4O. The highest BCUT2D eigenvalue weighted by atomic mass is 16.2. The molecular weight excluding hydrogens is 312 g/mol. The van der Waals surface area contributed by atoms with Crippen molar-refractivity contribution in [2.45, 2.75) is 65.1 Å². The molecule has 1 fully saturated rings. The SMILES string of the molecule is Cc1ccc(CN(C(=O)[C@H](N)c2c(C)n[nH]c2C)C2CCCC2)cc1. The lowest BCUT2D eigenvalue weighted by Gasteiger charge is -2.31. The molecule has 5 heteroatoms. The summed E-state index contributed by atoms with van der Waals surface area (Å²) in [4.78, 5) is 15.3. The van der Waals surface area contributed by atoms with Crippen LogP contribution in [-0.4, -0.2) is 27.0 Å². The Kier molecular flexibility index (Phi) is 5.23. The third-order valence-corrected chi connectivity index (χ3v) is 5.28. The number of nitrogens with zero attached hydrogens (tertiary/aromatic N) is 2. The number of amides is 1. The van der Waals surface area contributed by atoms with Gasteiger partial charge in [0.05, 0.1) is 5.69 Å². The molecule has 134 valence electrons. The van der Waals surface area contributed by atoms with Crippen molar-refractivity contribution in [2.75, 3.05) is 0 Å². The van der Waals surface area contributed by atoms with E-state index in [4.69, 9.17) is 5.73 Å². The predicted octanol–water partition coefficient (Wildman–Crippen LogP) is 3.31. The summed E-state index contributed by atoms with van der Waals surface area (Å²) in [5.41, 5.74) is 11.3. The van der Waals surface area contributed by atoms with Gasteiger partial charge in [0.1, 0.15) is 6.04 Å². The minimum Gasteiger partial charge on any atom is -0.334 e. The van der Waals surface area contributed by atoms with Crippen molar-refractivity contribution >= 4 is 5.91 Å². The number of benzene rings is 1. The van der Waals surface area contributed by atoms with Crippen LogP contribution in [-0.2, 0) is 11.3 Å². The largest absolute Gasteiger partial charge is 0.334 e. The Labute approximate surface area is 149 Å². The molecule has 0 aliphatic heterocycles. The molecule has 0 bridgehead atoms. The standard InChI is InChI=1S/C20H28N4O/c1-13-8-10-16(11-9-13)12-24(17-6-4-5-7-17)20(25)19(21)18-14(2)22-23-15(18)3/h8-11,17,19H,4-7,12,21H2,1-3H3,(H,22,23)/t19-/m1/s1. The second-order valence-corrected chi connectivity index (χ2v) is 7.22. The van der Waals surface area contributed by atoms with Gasteiger partial charge >= 0.3 is 0 Å². The average molecular weight is 340 g/mol. The van der Waals surface area contributed by atoms with Gasteiger partial charge < -0.3 is 10.6 Å². The Morgan fingerprint density at radius 1 is 1.24 bits per heavy atom. The molecule has 0 radical (unpaired) electrons. The fourth-order valence-electron chi connectivity index (χ4n) is 3.81. The lowest BCUT2D eigenvalue weighted by molar-refractivity contribution is -0.135. The minimum atomic E-state index is -0.662. The molecule has 3 N–H and O–H groups in total. The third kappa shape index (κ3) is 3.76. The zero-order valence-corrected chi connectivity index (χ0v) is 15.4. The van der Waals surface area contributed by atoms with E-state index in [9.17, 15) is 4.79 Å². The predicted molar refractivity (Wildman–Crippen MR) is 99.0 cm³/mol. The Balaban J connectivity index is 1.85. The molecule has 0 spiro atoms. The van der Waals surface area contributed by atoms with Crippen molar-refractivity contribution < 1.29 is 4.79 Å². The summed E-state index contributed by atoms with van der Waals surface area (Å²) in [6, 6.07) is 8.01. The van der Waals surface area contributed by atoms with Gasteiger partial charge in [0.25, 0.3) is 0 Å². The number of carbonyl (C=O) groups is 1. The fraction of sp³-hybridized carbons (Fsp3) is 0.500. The Hall–Kier alpha value is -2.14. The van der Waals surface area contributed by atoms with E-state index in [-0.39, 0.29) is 11.9 Å². The highest BCUT2D eigenvalue weighted by Gasteiger charge is 2.32. The number of carbonyl (C=O) groups excluding carboxylic acids is 1. The van der Waals surface area contributed by atoms with E-state index >= 15 is 0 Å². The zero-order chi connectivity index (χ0) is 18.0. The van der Waals surface area contributed by atoms with Gasteiger partial charge in [0, 0.05) is 23.8 Å². The number of aromatic amines is 1. The molecule has 5 nitrogen and oxygen atoms in total. The first-order chi connectivity index (χ1) is 12.0.